The van der Waals surface area contributed by atoms with Gasteiger partial charge < -0.3 is 10.2 Å². The first-order valence-electron chi connectivity index (χ1n) is 8.66. The quantitative estimate of drug-likeness (QED) is 0.742. The van der Waals surface area contributed by atoms with Crippen LogP contribution in [0.25, 0.3) is 0 Å². The van der Waals surface area contributed by atoms with Crippen molar-refractivity contribution in [2.75, 3.05) is 13.6 Å². The van der Waals surface area contributed by atoms with E-state index >= 15 is 0 Å². The zero-order valence-electron chi connectivity index (χ0n) is 15.3. The Kier molecular flexibility index (Phi) is 7.47. The molecule has 28 heavy (non-hydrogen) atoms. The van der Waals surface area contributed by atoms with Crippen LogP contribution in [0.2, 0.25) is 5.02 Å². The number of hydrogen-bond donors (Lipinski definition) is 2. The molecular weight excluding hydrogens is 421 g/mol. The predicted octanol–water partition coefficient (Wildman–Crippen LogP) is 2.97. The van der Waals surface area contributed by atoms with E-state index < -0.39 is 10.0 Å². The molecule has 2 aromatic carbocycles. The van der Waals surface area contributed by atoms with E-state index in [2.05, 4.69) is 10.2 Å². The number of carbonyl (C=O) groups excluding carboxylic acids is 1. The van der Waals surface area contributed by atoms with Crippen LogP contribution in [0.3, 0.4) is 0 Å². The van der Waals surface area contributed by atoms with Crippen LogP contribution in [-0.4, -0.2) is 38.9 Å². The minimum atomic E-state index is -4.01. The molecule has 0 aliphatic carbocycles. The fourth-order valence-electron chi connectivity index (χ4n) is 3.51. The molecule has 1 unspecified atom stereocenters. The molecule has 1 saturated heterocycles. The Balaban J connectivity index is 0.00000280. The molecule has 0 bridgehead atoms. The lowest BCUT2D eigenvalue weighted by atomic mass is 9.97. The van der Waals surface area contributed by atoms with Gasteiger partial charge in [-0.25, -0.2) is 13.6 Å². The Labute approximate surface area is 176 Å². The molecule has 0 radical (unpaired) electrons. The number of nitrogens with zero attached hydrogens (tertiary/aromatic N) is 1. The molecule has 0 spiro atoms. The van der Waals surface area contributed by atoms with Gasteiger partial charge in [0.1, 0.15) is 4.90 Å². The number of sulfonamides is 1. The first kappa shape index (κ1) is 22.6. The van der Waals surface area contributed by atoms with E-state index in [9.17, 15) is 13.2 Å². The average molecular weight is 444 g/mol. The molecule has 0 saturated carbocycles. The molecule has 2 aromatic rings. The molecule has 9 heteroatoms. The zero-order valence-corrected chi connectivity index (χ0v) is 17.7. The third-order valence-corrected chi connectivity index (χ3v) is 6.30. The lowest BCUT2D eigenvalue weighted by molar-refractivity contribution is 0.0912. The number of rotatable bonds is 5. The summed E-state index contributed by atoms with van der Waals surface area (Å²) in [7, 11) is -1.97. The second kappa shape index (κ2) is 9.24. The standard InChI is InChI=1S/C19H22ClN3O3S.ClH/c1-23-11-5-8-16(23)18(13-6-3-2-4-7-13)22-19(24)14-9-10-15(20)17(12-14)27(21,25)26;/h2-4,6-7,9-10,12,16,18H,5,8,11H2,1H3,(H,22,24)(H2,21,25,26);1H/t16-,18?;/m1./s1. The van der Waals surface area contributed by atoms with E-state index in [0.29, 0.717) is 0 Å². The van der Waals surface area contributed by atoms with Gasteiger partial charge in [0.05, 0.1) is 11.1 Å². The van der Waals surface area contributed by atoms with Crippen LogP contribution in [0.4, 0.5) is 0 Å². The zero-order chi connectivity index (χ0) is 19.6. The molecule has 0 aromatic heterocycles. The molecule has 1 heterocycles. The molecule has 1 amide bonds. The summed E-state index contributed by atoms with van der Waals surface area (Å²) in [5.74, 6) is -0.370. The molecule has 3 N–H and O–H groups in total. The number of primary sulfonamides is 1. The van der Waals surface area contributed by atoms with E-state index in [1.165, 1.54) is 18.2 Å². The highest BCUT2D eigenvalue weighted by Crippen LogP contribution is 2.29. The van der Waals surface area contributed by atoms with Gasteiger partial charge in [0.25, 0.3) is 5.91 Å². The number of benzene rings is 2. The van der Waals surface area contributed by atoms with Crippen molar-refractivity contribution in [3.8, 4) is 0 Å². The van der Waals surface area contributed by atoms with Gasteiger partial charge in [-0.3, -0.25) is 4.79 Å². The van der Waals surface area contributed by atoms with Crippen LogP contribution >= 0.6 is 24.0 Å². The number of carbonyl (C=O) groups is 1. The van der Waals surface area contributed by atoms with Crippen molar-refractivity contribution >= 4 is 39.9 Å². The van der Waals surface area contributed by atoms with Gasteiger partial charge in [0.15, 0.2) is 0 Å². The van der Waals surface area contributed by atoms with Crippen LogP contribution in [-0.2, 0) is 10.0 Å². The van der Waals surface area contributed by atoms with Crippen LogP contribution < -0.4 is 10.5 Å². The maximum atomic E-state index is 12.9. The summed E-state index contributed by atoms with van der Waals surface area (Å²) in [6.45, 7) is 0.973. The van der Waals surface area contributed by atoms with Crippen molar-refractivity contribution in [2.24, 2.45) is 5.14 Å². The number of likely N-dealkylation sites (tertiary alicyclic amines) is 1. The second-order valence-electron chi connectivity index (χ2n) is 6.74. The summed E-state index contributed by atoms with van der Waals surface area (Å²) < 4.78 is 23.4. The monoisotopic (exact) mass is 443 g/mol. The topological polar surface area (TPSA) is 92.5 Å². The highest BCUT2D eigenvalue weighted by Gasteiger charge is 2.32. The second-order valence-corrected chi connectivity index (χ2v) is 8.68. The lowest BCUT2D eigenvalue weighted by Crippen LogP contribution is -2.41. The van der Waals surface area contributed by atoms with Gasteiger partial charge in [-0.1, -0.05) is 41.9 Å². The molecule has 6 nitrogen and oxygen atoms in total. The van der Waals surface area contributed by atoms with Gasteiger partial charge in [0, 0.05) is 11.6 Å². The van der Waals surface area contributed by atoms with Gasteiger partial charge >= 0.3 is 0 Å². The minimum Gasteiger partial charge on any atom is -0.344 e. The van der Waals surface area contributed by atoms with E-state index in [1.807, 2.05) is 37.4 Å². The Morgan fingerprint density at radius 1 is 1.25 bits per heavy atom. The number of nitrogens with two attached hydrogens (primary N) is 1. The smallest absolute Gasteiger partial charge is 0.251 e. The highest BCUT2D eigenvalue weighted by molar-refractivity contribution is 7.89. The van der Waals surface area contributed by atoms with Crippen LogP contribution in [0.5, 0.6) is 0 Å². The normalized spacial score (nSPS) is 18.3. The van der Waals surface area contributed by atoms with E-state index in [-0.39, 0.29) is 45.9 Å². The Morgan fingerprint density at radius 2 is 1.93 bits per heavy atom. The van der Waals surface area contributed by atoms with Gasteiger partial charge in [0.2, 0.25) is 10.0 Å². The molecule has 2 atom stereocenters. The van der Waals surface area contributed by atoms with Crippen LogP contribution in [0.15, 0.2) is 53.4 Å². The van der Waals surface area contributed by atoms with E-state index in [4.69, 9.17) is 16.7 Å². The van der Waals surface area contributed by atoms with Crippen molar-refractivity contribution in [1.82, 2.24) is 10.2 Å². The Bertz CT molecular complexity index is 939. The molecule has 152 valence electrons. The number of hydrogen-bond acceptors (Lipinski definition) is 4. The first-order valence-corrected chi connectivity index (χ1v) is 10.6. The van der Waals surface area contributed by atoms with Crippen molar-refractivity contribution in [3.63, 3.8) is 0 Å². The largest absolute Gasteiger partial charge is 0.344 e. The van der Waals surface area contributed by atoms with Gasteiger partial charge in [-0.15, -0.1) is 12.4 Å². The van der Waals surface area contributed by atoms with E-state index in [0.717, 1.165) is 24.9 Å². The molecule has 1 fully saturated rings. The summed E-state index contributed by atoms with van der Waals surface area (Å²) in [6, 6.07) is 13.8. The number of nitrogens with one attached hydrogen (secondary N) is 1. The SMILES string of the molecule is CN1CCC[C@@H]1C(NC(=O)c1ccc(Cl)c(S(N)(=O)=O)c1)c1ccccc1.Cl. The molecule has 1 aliphatic heterocycles. The predicted molar refractivity (Wildman–Crippen MR) is 112 cm³/mol. The third-order valence-electron chi connectivity index (χ3n) is 4.91. The fraction of sp³-hybridized carbons (Fsp3) is 0.316. The minimum absolute atomic E-state index is 0. The van der Waals surface area contributed by atoms with Gasteiger partial charge in [-0.2, -0.15) is 0 Å². The number of amides is 1. The van der Waals surface area contributed by atoms with Crippen molar-refractivity contribution in [1.29, 1.82) is 0 Å². The lowest BCUT2D eigenvalue weighted by Gasteiger charge is -2.30. The maximum Gasteiger partial charge on any atom is 0.251 e. The van der Waals surface area contributed by atoms with E-state index in [1.54, 1.807) is 0 Å². The number of halogens is 2. The van der Waals surface area contributed by atoms with Crippen LogP contribution in [0.1, 0.15) is 34.8 Å². The Morgan fingerprint density at radius 3 is 2.50 bits per heavy atom. The summed E-state index contributed by atoms with van der Waals surface area (Å²) in [5.41, 5.74) is 1.20. The summed E-state index contributed by atoms with van der Waals surface area (Å²) in [5, 5.41) is 8.24. The Hall–Kier alpha value is -1.64. The summed E-state index contributed by atoms with van der Waals surface area (Å²) >= 11 is 5.91. The van der Waals surface area contributed by atoms with Crippen molar-refractivity contribution in [2.45, 2.75) is 29.8 Å². The molecule has 1 aliphatic rings. The maximum absolute atomic E-state index is 12.9. The summed E-state index contributed by atoms with van der Waals surface area (Å²) in [4.78, 5) is 14.8. The fourth-order valence-corrected chi connectivity index (χ4v) is 4.58. The first-order chi connectivity index (χ1) is 12.8. The third kappa shape index (κ3) is 5.04. The molecule has 3 rings (SSSR count). The number of likely N-dealkylation sites (N-methyl/N-ethyl adjacent to an activating group) is 1. The van der Waals surface area contributed by atoms with Crippen molar-refractivity contribution < 1.29 is 13.2 Å². The van der Waals surface area contributed by atoms with Gasteiger partial charge in [-0.05, 0) is 50.2 Å². The molecular formula is C19H23Cl2N3O3S. The summed E-state index contributed by atoms with van der Waals surface area (Å²) in [6.07, 6.45) is 2.04. The highest BCUT2D eigenvalue weighted by atomic mass is 35.5. The average Bonchev–Trinajstić information content (AvgIpc) is 3.05. The van der Waals surface area contributed by atoms with Crippen LogP contribution in [0, 0.1) is 0 Å². The van der Waals surface area contributed by atoms with Crippen molar-refractivity contribution in [3.05, 3.63) is 64.7 Å².